The molecule has 6 nitrogen and oxygen atoms in total. The van der Waals surface area contributed by atoms with Crippen LogP contribution in [0.5, 0.6) is 0 Å². The van der Waals surface area contributed by atoms with Gasteiger partial charge in [-0.3, -0.25) is 5.73 Å². The summed E-state index contributed by atoms with van der Waals surface area (Å²) in [5.41, 5.74) is 4.88. The van der Waals surface area contributed by atoms with Crippen LogP contribution in [-0.2, 0) is 9.53 Å². The highest BCUT2D eigenvalue weighted by atomic mass is 127. The second kappa shape index (κ2) is 4.16. The summed E-state index contributed by atoms with van der Waals surface area (Å²) in [5, 5.41) is 19.2. The van der Waals surface area contributed by atoms with Crippen molar-refractivity contribution in [2.45, 2.75) is 5.85 Å². The van der Waals surface area contributed by atoms with Crippen LogP contribution in [0.2, 0.25) is 0 Å². The van der Waals surface area contributed by atoms with Gasteiger partial charge < -0.3 is 20.1 Å². The fraction of sp³-hybridized carbons (Fsp3) is 0.750. The molecule has 0 aromatic carbocycles. The molecule has 66 valence electrons. The van der Waals surface area contributed by atoms with E-state index in [1.807, 2.05) is 0 Å². The first-order valence-electron chi connectivity index (χ1n) is 2.58. The lowest BCUT2D eigenvalue weighted by atomic mass is 10.4. The van der Waals surface area contributed by atoms with Crippen LogP contribution in [0, 0.1) is 5.21 Å². The molecule has 0 bridgehead atoms. The number of likely N-dealkylation sites (N-methyl/N-ethyl adjacent to an activating group) is 1. The Morgan fingerprint density at radius 2 is 2.45 bits per heavy atom. The van der Waals surface area contributed by atoms with Crippen LogP contribution in [0.25, 0.3) is 0 Å². The number of nitrogens with two attached hydrogens (primary N) is 1. The topological polar surface area (TPSA) is 98.9 Å². The average Bonchev–Trinajstić information content (AvgIpc) is 1.88. The first-order valence-corrected chi connectivity index (χ1v) is 4.11. The van der Waals surface area contributed by atoms with Crippen molar-refractivity contribution in [2.24, 2.45) is 5.73 Å². The SMILES string of the molecule is CN([O-])C(N)(O)C(=O)OCI. The third-order valence-corrected chi connectivity index (χ3v) is 1.28. The van der Waals surface area contributed by atoms with Gasteiger partial charge in [0.25, 0.3) is 5.85 Å². The number of carbonyl (C=O) groups is 1. The molecule has 11 heavy (non-hydrogen) atoms. The number of hydrogen-bond acceptors (Lipinski definition) is 6. The summed E-state index contributed by atoms with van der Waals surface area (Å²) in [7, 11) is 0.925. The second-order valence-electron chi connectivity index (χ2n) is 1.76. The van der Waals surface area contributed by atoms with Gasteiger partial charge in [0.15, 0.2) is 0 Å². The first-order chi connectivity index (χ1) is 4.92. The van der Waals surface area contributed by atoms with Crippen LogP contribution in [0.3, 0.4) is 0 Å². The number of aliphatic hydroxyl groups is 1. The number of nitrogens with zero attached hydrogens (tertiary/aromatic N) is 1. The molecule has 0 fully saturated rings. The average molecular weight is 275 g/mol. The highest BCUT2D eigenvalue weighted by Gasteiger charge is 2.32. The molecule has 3 N–H and O–H groups in total. The van der Waals surface area contributed by atoms with Crippen LogP contribution >= 0.6 is 22.6 Å². The predicted molar refractivity (Wildman–Crippen MR) is 45.2 cm³/mol. The molecule has 0 saturated heterocycles. The Labute approximate surface area is 77.0 Å². The van der Waals surface area contributed by atoms with Gasteiger partial charge in [-0.05, 0) is 29.6 Å². The number of carbonyl (C=O) groups excluding carboxylic acids is 1. The molecule has 0 amide bonds. The lowest BCUT2D eigenvalue weighted by Gasteiger charge is -2.35. The summed E-state index contributed by atoms with van der Waals surface area (Å²) in [6, 6.07) is 0. The quantitative estimate of drug-likeness (QED) is 0.224. The van der Waals surface area contributed by atoms with Crippen LogP contribution in [-0.4, -0.2) is 33.6 Å². The lowest BCUT2D eigenvalue weighted by Crippen LogP contribution is -2.58. The molecule has 0 aliphatic rings. The minimum Gasteiger partial charge on any atom is -0.782 e. The molecule has 0 heterocycles. The van der Waals surface area contributed by atoms with Crippen LogP contribution in [0.4, 0.5) is 0 Å². The third-order valence-electron chi connectivity index (χ3n) is 0.966. The zero-order chi connectivity index (χ0) is 9.07. The molecule has 0 aliphatic carbocycles. The van der Waals surface area contributed by atoms with Gasteiger partial charge in [-0.15, -0.1) is 0 Å². The van der Waals surface area contributed by atoms with Crippen LogP contribution < -0.4 is 5.73 Å². The summed E-state index contributed by atoms with van der Waals surface area (Å²) in [5.74, 6) is -3.74. The summed E-state index contributed by atoms with van der Waals surface area (Å²) in [6.45, 7) is 0. The van der Waals surface area contributed by atoms with Crippen molar-refractivity contribution in [3.8, 4) is 0 Å². The Bertz CT molecular complexity index is 149. The van der Waals surface area contributed by atoms with Gasteiger partial charge >= 0.3 is 5.97 Å². The molecule has 0 aromatic heterocycles. The number of esters is 1. The van der Waals surface area contributed by atoms with Crippen molar-refractivity contribution in [3.05, 3.63) is 5.21 Å². The van der Waals surface area contributed by atoms with E-state index in [4.69, 9.17) is 10.8 Å². The number of alkyl halides is 1. The van der Waals surface area contributed by atoms with Crippen molar-refractivity contribution in [1.29, 1.82) is 0 Å². The van der Waals surface area contributed by atoms with E-state index in [1.165, 1.54) is 0 Å². The van der Waals surface area contributed by atoms with E-state index in [9.17, 15) is 10.0 Å². The van der Waals surface area contributed by atoms with Gasteiger partial charge in [0.1, 0.15) is 4.61 Å². The molecule has 0 rings (SSSR count). The summed E-state index contributed by atoms with van der Waals surface area (Å²) < 4.78 is 4.33. The monoisotopic (exact) mass is 275 g/mol. The van der Waals surface area contributed by atoms with E-state index in [0.717, 1.165) is 7.05 Å². The van der Waals surface area contributed by atoms with Gasteiger partial charge in [-0.25, -0.2) is 4.79 Å². The van der Waals surface area contributed by atoms with Gasteiger partial charge in [-0.2, -0.15) is 0 Å². The highest BCUT2D eigenvalue weighted by molar-refractivity contribution is 14.1. The fourth-order valence-corrected chi connectivity index (χ4v) is 0.567. The number of halogens is 1. The minimum absolute atomic E-state index is 0.0317. The van der Waals surface area contributed by atoms with Crippen LogP contribution in [0.1, 0.15) is 0 Å². The molecule has 0 saturated carbocycles. The molecule has 0 radical (unpaired) electrons. The van der Waals surface area contributed by atoms with E-state index in [2.05, 4.69) is 4.74 Å². The maximum absolute atomic E-state index is 10.7. The largest absolute Gasteiger partial charge is 0.782 e. The van der Waals surface area contributed by atoms with E-state index in [0.29, 0.717) is 0 Å². The number of rotatable bonds is 3. The van der Waals surface area contributed by atoms with E-state index < -0.39 is 11.8 Å². The maximum Gasteiger partial charge on any atom is 0.369 e. The normalized spacial score (nSPS) is 16.2. The van der Waals surface area contributed by atoms with Gasteiger partial charge in [0.2, 0.25) is 0 Å². The molecule has 0 aromatic rings. The zero-order valence-electron chi connectivity index (χ0n) is 5.78. The lowest BCUT2D eigenvalue weighted by molar-refractivity contribution is -0.177. The van der Waals surface area contributed by atoms with Gasteiger partial charge in [0.05, 0.1) is 0 Å². The van der Waals surface area contributed by atoms with Crippen molar-refractivity contribution >= 4 is 28.6 Å². The van der Waals surface area contributed by atoms with Gasteiger partial charge in [-0.1, -0.05) is 0 Å². The molecule has 0 aliphatic heterocycles. The Hall–Kier alpha value is 0.0400. The van der Waals surface area contributed by atoms with Crippen molar-refractivity contribution < 1.29 is 14.6 Å². The number of ether oxygens (including phenoxy) is 1. The highest BCUT2D eigenvalue weighted by Crippen LogP contribution is 2.03. The standard InChI is InChI=1S/C4H8IN2O4/c1-7(10)4(6,9)3(8)11-2-5/h9H,2,6H2,1H3/q-1. The maximum atomic E-state index is 10.7. The van der Waals surface area contributed by atoms with Crippen LogP contribution in [0.15, 0.2) is 0 Å². The second-order valence-corrected chi connectivity index (χ2v) is 2.39. The Morgan fingerprint density at radius 3 is 2.73 bits per heavy atom. The summed E-state index contributed by atoms with van der Waals surface area (Å²) in [4.78, 5) is 10.7. The van der Waals surface area contributed by atoms with Crippen molar-refractivity contribution in [2.75, 3.05) is 11.7 Å². The zero-order valence-corrected chi connectivity index (χ0v) is 7.94. The molecule has 1 unspecified atom stereocenters. The smallest absolute Gasteiger partial charge is 0.369 e. The summed E-state index contributed by atoms with van der Waals surface area (Å²) in [6.07, 6.45) is 0. The number of hydroxylamine groups is 2. The van der Waals surface area contributed by atoms with E-state index in [-0.39, 0.29) is 9.68 Å². The molecule has 0 spiro atoms. The van der Waals surface area contributed by atoms with Gasteiger partial charge in [0, 0.05) is 0 Å². The number of hydrogen-bond donors (Lipinski definition) is 2. The Kier molecular flexibility index (Phi) is 4.18. The summed E-state index contributed by atoms with van der Waals surface area (Å²) >= 11 is 1.74. The fourth-order valence-electron chi connectivity index (χ4n) is 0.284. The molecule has 1 atom stereocenters. The molecular formula is C4H8IN2O4-. The van der Waals surface area contributed by atoms with Crippen molar-refractivity contribution in [3.63, 3.8) is 0 Å². The predicted octanol–water partition coefficient (Wildman–Crippen LogP) is -1.04. The van der Waals surface area contributed by atoms with E-state index in [1.54, 1.807) is 22.6 Å². The Balaban J connectivity index is 4.18. The minimum atomic E-state index is -2.58. The first kappa shape index (κ1) is 11.0. The molecular weight excluding hydrogens is 267 g/mol. The molecule has 7 heteroatoms. The Morgan fingerprint density at radius 1 is 2.00 bits per heavy atom. The van der Waals surface area contributed by atoms with E-state index >= 15 is 0 Å². The third kappa shape index (κ3) is 2.87. The van der Waals surface area contributed by atoms with Crippen molar-refractivity contribution in [1.82, 2.24) is 5.06 Å².